The number of carboxylic acid groups (broad SMARTS) is 1. The summed E-state index contributed by atoms with van der Waals surface area (Å²) in [6.45, 7) is 1.32. The van der Waals surface area contributed by atoms with E-state index in [0.29, 0.717) is 18.8 Å². The van der Waals surface area contributed by atoms with Crippen molar-refractivity contribution in [1.29, 1.82) is 0 Å². The molecule has 88 valence electrons. The van der Waals surface area contributed by atoms with E-state index in [-0.39, 0.29) is 6.61 Å². The zero-order valence-electron chi connectivity index (χ0n) is 8.76. The van der Waals surface area contributed by atoms with E-state index in [1.54, 1.807) is 11.8 Å². The molecule has 0 saturated carbocycles. The van der Waals surface area contributed by atoms with Crippen molar-refractivity contribution in [1.82, 2.24) is 4.90 Å². The highest BCUT2D eigenvalue weighted by Crippen LogP contribution is 2.16. The molecule has 1 aliphatic heterocycles. The predicted octanol–water partition coefficient (Wildman–Crippen LogP) is -0.504. The van der Waals surface area contributed by atoms with Gasteiger partial charge in [0.25, 0.3) is 0 Å². The first-order valence-corrected chi connectivity index (χ1v) is 6.02. The van der Waals surface area contributed by atoms with Gasteiger partial charge in [-0.1, -0.05) is 0 Å². The Bertz CT molecular complexity index is 214. The van der Waals surface area contributed by atoms with E-state index >= 15 is 0 Å². The molecule has 0 aromatic carbocycles. The minimum Gasteiger partial charge on any atom is -0.480 e. The molecule has 2 unspecified atom stereocenters. The van der Waals surface area contributed by atoms with E-state index in [0.717, 1.165) is 5.75 Å². The summed E-state index contributed by atoms with van der Waals surface area (Å²) in [7, 11) is 1.52. The number of aliphatic carboxylic acids is 1. The molecule has 0 radical (unpaired) electrons. The number of carbonyl (C=O) groups is 1. The summed E-state index contributed by atoms with van der Waals surface area (Å²) in [6, 6.07) is -0.477. The smallest absolute Gasteiger partial charge is 0.321 e. The standard InChI is InChI=1S/C9H17NO4S/c1-14-5-7(11)4-10-2-3-15-6-8(10)9(12)13/h7-8,11H,2-6H2,1H3,(H,12,13). The number of hydrogen-bond acceptors (Lipinski definition) is 5. The fourth-order valence-electron chi connectivity index (χ4n) is 1.60. The molecule has 1 saturated heterocycles. The number of rotatable bonds is 5. The Balaban J connectivity index is 2.45. The molecule has 0 aromatic heterocycles. The Morgan fingerprint density at radius 2 is 2.47 bits per heavy atom. The third kappa shape index (κ3) is 3.98. The highest BCUT2D eigenvalue weighted by molar-refractivity contribution is 7.99. The van der Waals surface area contributed by atoms with Crippen LogP contribution in [0.2, 0.25) is 0 Å². The van der Waals surface area contributed by atoms with Crippen molar-refractivity contribution in [2.24, 2.45) is 0 Å². The van der Waals surface area contributed by atoms with Gasteiger partial charge < -0.3 is 14.9 Å². The van der Waals surface area contributed by atoms with E-state index in [9.17, 15) is 9.90 Å². The third-order valence-electron chi connectivity index (χ3n) is 2.33. The quantitative estimate of drug-likeness (QED) is 0.669. The van der Waals surface area contributed by atoms with Crippen molar-refractivity contribution in [3.63, 3.8) is 0 Å². The maximum atomic E-state index is 10.9. The molecule has 0 aliphatic carbocycles. The number of β-amino-alcohol motifs (C(OH)–C–C–N with tert-alkyl or cyclic N) is 1. The van der Waals surface area contributed by atoms with E-state index < -0.39 is 18.1 Å². The molecular formula is C9H17NO4S. The van der Waals surface area contributed by atoms with Crippen molar-refractivity contribution >= 4 is 17.7 Å². The zero-order valence-corrected chi connectivity index (χ0v) is 9.57. The Labute approximate surface area is 93.4 Å². The van der Waals surface area contributed by atoms with Crippen LogP contribution in [0, 0.1) is 0 Å². The van der Waals surface area contributed by atoms with Crippen LogP contribution in [-0.4, -0.2) is 71.5 Å². The second-order valence-electron chi connectivity index (χ2n) is 3.53. The molecule has 0 aromatic rings. The largest absolute Gasteiger partial charge is 0.480 e. The first-order valence-electron chi connectivity index (χ1n) is 4.86. The average molecular weight is 235 g/mol. The molecular weight excluding hydrogens is 218 g/mol. The number of nitrogens with zero attached hydrogens (tertiary/aromatic N) is 1. The van der Waals surface area contributed by atoms with Crippen molar-refractivity contribution in [3.8, 4) is 0 Å². The van der Waals surface area contributed by atoms with Gasteiger partial charge in [0, 0.05) is 31.7 Å². The van der Waals surface area contributed by atoms with E-state index in [2.05, 4.69) is 0 Å². The Morgan fingerprint density at radius 3 is 3.07 bits per heavy atom. The van der Waals surface area contributed by atoms with Gasteiger partial charge >= 0.3 is 5.97 Å². The van der Waals surface area contributed by atoms with Crippen molar-refractivity contribution in [2.75, 3.05) is 38.3 Å². The maximum absolute atomic E-state index is 10.9. The molecule has 5 nitrogen and oxygen atoms in total. The highest BCUT2D eigenvalue weighted by Gasteiger charge is 2.29. The first kappa shape index (κ1) is 12.8. The van der Waals surface area contributed by atoms with Gasteiger partial charge in [-0.2, -0.15) is 11.8 Å². The average Bonchev–Trinajstić information content (AvgIpc) is 2.18. The fraction of sp³-hybridized carbons (Fsp3) is 0.889. The number of aliphatic hydroxyl groups excluding tert-OH is 1. The lowest BCUT2D eigenvalue weighted by Crippen LogP contribution is -2.50. The number of ether oxygens (including phenoxy) is 1. The van der Waals surface area contributed by atoms with Gasteiger partial charge in [0.05, 0.1) is 12.7 Å². The number of methoxy groups -OCH3 is 1. The van der Waals surface area contributed by atoms with Gasteiger partial charge in [-0.25, -0.2) is 0 Å². The van der Waals surface area contributed by atoms with Gasteiger partial charge in [0.1, 0.15) is 6.04 Å². The minimum absolute atomic E-state index is 0.246. The summed E-state index contributed by atoms with van der Waals surface area (Å²) in [5.41, 5.74) is 0. The van der Waals surface area contributed by atoms with E-state index in [1.807, 2.05) is 4.90 Å². The minimum atomic E-state index is -0.813. The van der Waals surface area contributed by atoms with E-state index in [1.165, 1.54) is 7.11 Å². The second kappa shape index (κ2) is 6.32. The molecule has 1 fully saturated rings. The lowest BCUT2D eigenvalue weighted by Gasteiger charge is -2.33. The molecule has 1 aliphatic rings. The fourth-order valence-corrected chi connectivity index (χ4v) is 2.71. The number of carboxylic acids is 1. The molecule has 1 rings (SSSR count). The lowest BCUT2D eigenvalue weighted by molar-refractivity contribution is -0.143. The van der Waals surface area contributed by atoms with Crippen LogP contribution in [-0.2, 0) is 9.53 Å². The van der Waals surface area contributed by atoms with Crippen LogP contribution in [0.3, 0.4) is 0 Å². The molecule has 0 amide bonds. The van der Waals surface area contributed by atoms with Gasteiger partial charge in [0.2, 0.25) is 0 Å². The summed E-state index contributed by atoms with van der Waals surface area (Å²) >= 11 is 1.64. The molecule has 1 heterocycles. The maximum Gasteiger partial charge on any atom is 0.321 e. The Hall–Kier alpha value is -0.300. The third-order valence-corrected chi connectivity index (χ3v) is 3.35. The molecule has 15 heavy (non-hydrogen) atoms. The molecule has 2 atom stereocenters. The van der Waals surface area contributed by atoms with Crippen LogP contribution < -0.4 is 0 Å². The van der Waals surface area contributed by atoms with Gasteiger partial charge in [-0.3, -0.25) is 9.69 Å². The number of thioether (sulfide) groups is 1. The van der Waals surface area contributed by atoms with Crippen molar-refractivity contribution in [3.05, 3.63) is 0 Å². The van der Waals surface area contributed by atoms with Gasteiger partial charge in [0.15, 0.2) is 0 Å². The van der Waals surface area contributed by atoms with Crippen LogP contribution in [0.1, 0.15) is 0 Å². The number of aliphatic hydroxyl groups is 1. The summed E-state index contributed by atoms with van der Waals surface area (Å²) in [5, 5.41) is 18.5. The Kier molecular flexibility index (Phi) is 5.38. The predicted molar refractivity (Wildman–Crippen MR) is 58.2 cm³/mol. The van der Waals surface area contributed by atoms with Crippen LogP contribution in [0.25, 0.3) is 0 Å². The van der Waals surface area contributed by atoms with Crippen LogP contribution >= 0.6 is 11.8 Å². The van der Waals surface area contributed by atoms with E-state index in [4.69, 9.17) is 9.84 Å². The monoisotopic (exact) mass is 235 g/mol. The normalized spacial score (nSPS) is 25.1. The Morgan fingerprint density at radius 1 is 1.73 bits per heavy atom. The molecule has 0 bridgehead atoms. The van der Waals surface area contributed by atoms with Gasteiger partial charge in [-0.15, -0.1) is 0 Å². The van der Waals surface area contributed by atoms with Crippen LogP contribution in [0.4, 0.5) is 0 Å². The summed E-state index contributed by atoms with van der Waals surface area (Å²) in [6.07, 6.45) is -0.611. The van der Waals surface area contributed by atoms with Crippen molar-refractivity contribution < 1.29 is 19.7 Å². The summed E-state index contributed by atoms with van der Waals surface area (Å²) < 4.78 is 4.81. The zero-order chi connectivity index (χ0) is 11.3. The van der Waals surface area contributed by atoms with Crippen LogP contribution in [0.5, 0.6) is 0 Å². The topological polar surface area (TPSA) is 70.0 Å². The van der Waals surface area contributed by atoms with Crippen LogP contribution in [0.15, 0.2) is 0 Å². The summed E-state index contributed by atoms with van der Waals surface area (Å²) in [4.78, 5) is 12.7. The highest BCUT2D eigenvalue weighted by atomic mass is 32.2. The molecule has 6 heteroatoms. The SMILES string of the molecule is COCC(O)CN1CCSCC1C(=O)O. The summed E-state index contributed by atoms with van der Waals surface area (Å²) in [5.74, 6) is 0.699. The molecule has 0 spiro atoms. The molecule has 2 N–H and O–H groups in total. The van der Waals surface area contributed by atoms with Crippen molar-refractivity contribution in [2.45, 2.75) is 12.1 Å². The number of hydrogen-bond donors (Lipinski definition) is 2. The van der Waals surface area contributed by atoms with Gasteiger partial charge in [-0.05, 0) is 0 Å². The lowest BCUT2D eigenvalue weighted by atomic mass is 10.2. The first-order chi connectivity index (χ1) is 7.15. The second-order valence-corrected chi connectivity index (χ2v) is 4.68.